The molecular weight excluding hydrogens is 472 g/mol. The van der Waals surface area contributed by atoms with Gasteiger partial charge in [0.05, 0.1) is 11.0 Å². The molecule has 190 valence electrons. The van der Waals surface area contributed by atoms with E-state index in [2.05, 4.69) is 60.6 Å². The van der Waals surface area contributed by atoms with Crippen LogP contribution in [0.4, 0.5) is 23.1 Å². The average molecular weight is 507 g/mol. The van der Waals surface area contributed by atoms with Crippen LogP contribution in [-0.2, 0) is 11.0 Å². The number of rotatable bonds is 5. The molecule has 2 unspecified atom stereocenters. The molecule has 0 amide bonds. The van der Waals surface area contributed by atoms with Gasteiger partial charge in [-0.2, -0.15) is 0 Å². The van der Waals surface area contributed by atoms with Gasteiger partial charge in [-0.05, 0) is 50.2 Å². The molecule has 3 saturated heterocycles. The average Bonchev–Trinajstić information content (AvgIpc) is 3.51. The van der Waals surface area contributed by atoms with Gasteiger partial charge in [0.1, 0.15) is 5.52 Å². The fraction of sp³-hybridized carbons (Fsp3) is 0.500. The lowest BCUT2D eigenvalue weighted by Gasteiger charge is -2.34. The van der Waals surface area contributed by atoms with Gasteiger partial charge in [-0.15, -0.1) is 0 Å². The van der Waals surface area contributed by atoms with E-state index in [4.69, 9.17) is 9.97 Å². The number of pyridine rings is 1. The molecule has 0 bridgehead atoms. The smallest absolute Gasteiger partial charge is 0.227 e. The Morgan fingerprint density at radius 2 is 1.69 bits per heavy atom. The van der Waals surface area contributed by atoms with Crippen LogP contribution in [0, 0.1) is 5.41 Å². The van der Waals surface area contributed by atoms with E-state index in [0.29, 0.717) is 5.95 Å². The zero-order valence-electron chi connectivity index (χ0n) is 21.1. The van der Waals surface area contributed by atoms with Crippen molar-refractivity contribution in [1.82, 2.24) is 24.2 Å². The second-order valence-electron chi connectivity index (χ2n) is 10.4. The summed E-state index contributed by atoms with van der Waals surface area (Å²) in [6, 6.07) is 10.5. The van der Waals surface area contributed by atoms with Crippen LogP contribution < -0.4 is 15.1 Å². The first-order valence-corrected chi connectivity index (χ1v) is 14.3. The Morgan fingerprint density at radius 1 is 0.917 bits per heavy atom. The largest absolute Gasteiger partial charge is 0.369 e. The van der Waals surface area contributed by atoms with Gasteiger partial charge in [-0.3, -0.25) is 0 Å². The maximum atomic E-state index is 12.0. The molecule has 3 aliphatic heterocycles. The Bertz CT molecular complexity index is 1260. The monoisotopic (exact) mass is 506 g/mol. The first-order chi connectivity index (χ1) is 17.5. The topological polar surface area (TPSA) is 80.7 Å². The first kappa shape index (κ1) is 23.6. The predicted octanol–water partition coefficient (Wildman–Crippen LogP) is 2.72. The van der Waals surface area contributed by atoms with Crippen LogP contribution in [0.2, 0.25) is 0 Å². The fourth-order valence-electron chi connectivity index (χ4n) is 5.75. The molecule has 1 spiro atoms. The number of nitrogens with one attached hydrogen (secondary N) is 1. The molecule has 3 fully saturated rings. The molecule has 0 radical (unpaired) electrons. The Labute approximate surface area is 215 Å². The highest BCUT2D eigenvalue weighted by Gasteiger charge is 2.45. The Morgan fingerprint density at radius 3 is 2.44 bits per heavy atom. The van der Waals surface area contributed by atoms with Gasteiger partial charge in [0.2, 0.25) is 5.95 Å². The van der Waals surface area contributed by atoms with Crippen molar-refractivity contribution >= 4 is 45.0 Å². The molecule has 1 aromatic carbocycles. The van der Waals surface area contributed by atoms with E-state index in [1.54, 1.807) is 6.26 Å². The van der Waals surface area contributed by atoms with Gasteiger partial charge in [0.15, 0.2) is 5.82 Å². The Hall–Kier alpha value is -2.82. The Kier molecular flexibility index (Phi) is 6.27. The summed E-state index contributed by atoms with van der Waals surface area (Å²) < 4.78 is 14.1. The number of anilines is 4. The van der Waals surface area contributed by atoms with Crippen molar-refractivity contribution in [2.24, 2.45) is 5.41 Å². The molecule has 9 nitrogen and oxygen atoms in total. The number of fused-ring (bicyclic) bond motifs is 1. The van der Waals surface area contributed by atoms with E-state index in [0.717, 1.165) is 87.6 Å². The summed E-state index contributed by atoms with van der Waals surface area (Å²) in [4.78, 5) is 21.3. The Balaban J connectivity index is 1.19. The summed E-state index contributed by atoms with van der Waals surface area (Å²) in [7, 11) is 1.27. The van der Waals surface area contributed by atoms with Crippen LogP contribution in [0.5, 0.6) is 0 Å². The minimum absolute atomic E-state index is 0.190. The first-order valence-electron chi connectivity index (χ1n) is 12.7. The molecule has 3 aliphatic rings. The number of hydrogen-bond donors (Lipinski definition) is 1. The van der Waals surface area contributed by atoms with Gasteiger partial charge in [0.25, 0.3) is 0 Å². The zero-order valence-corrected chi connectivity index (χ0v) is 21.9. The molecule has 1 N–H and O–H groups in total. The van der Waals surface area contributed by atoms with Crippen molar-refractivity contribution in [3.8, 4) is 0 Å². The number of hydrogen-bond acceptors (Lipinski definition) is 8. The maximum absolute atomic E-state index is 12.0. The van der Waals surface area contributed by atoms with E-state index in [1.165, 1.54) is 5.69 Å². The van der Waals surface area contributed by atoms with Crippen LogP contribution in [0.3, 0.4) is 0 Å². The molecule has 0 aliphatic carbocycles. The van der Waals surface area contributed by atoms with E-state index >= 15 is 0 Å². The van der Waals surface area contributed by atoms with E-state index < -0.39 is 11.0 Å². The van der Waals surface area contributed by atoms with Crippen LogP contribution in [0.15, 0.2) is 42.7 Å². The van der Waals surface area contributed by atoms with Crippen molar-refractivity contribution in [2.45, 2.75) is 12.8 Å². The van der Waals surface area contributed by atoms with Crippen LogP contribution in [0.1, 0.15) is 12.8 Å². The van der Waals surface area contributed by atoms with Crippen molar-refractivity contribution in [2.75, 3.05) is 80.8 Å². The molecule has 5 heterocycles. The molecule has 3 aromatic rings. The van der Waals surface area contributed by atoms with Gasteiger partial charge in [-0.1, -0.05) is 0 Å². The molecule has 6 rings (SSSR count). The third kappa shape index (κ3) is 4.65. The minimum atomic E-state index is -0.903. The van der Waals surface area contributed by atoms with E-state index in [9.17, 15) is 4.21 Å². The summed E-state index contributed by atoms with van der Waals surface area (Å²) in [5, 5.41) is 4.37. The van der Waals surface area contributed by atoms with E-state index in [1.807, 2.05) is 18.5 Å². The molecule has 0 saturated carbocycles. The number of benzene rings is 1. The lowest BCUT2D eigenvalue weighted by atomic mass is 9.87. The maximum Gasteiger partial charge on any atom is 0.227 e. The van der Waals surface area contributed by atoms with Gasteiger partial charge < -0.3 is 20.0 Å². The summed E-state index contributed by atoms with van der Waals surface area (Å²) in [5.41, 5.74) is 3.28. The molecular formula is C26H34N8OS. The van der Waals surface area contributed by atoms with Gasteiger partial charge in [-0.25, -0.2) is 23.5 Å². The number of likely N-dealkylation sites (N-methyl/N-ethyl adjacent to an activating group) is 1. The van der Waals surface area contributed by atoms with Crippen LogP contribution >= 0.6 is 0 Å². The van der Waals surface area contributed by atoms with Crippen LogP contribution in [0.25, 0.3) is 10.9 Å². The predicted molar refractivity (Wildman–Crippen MR) is 146 cm³/mol. The highest BCUT2D eigenvalue weighted by atomic mass is 32.2. The molecule has 2 aromatic heterocycles. The van der Waals surface area contributed by atoms with Gasteiger partial charge >= 0.3 is 0 Å². The number of piperazine rings is 1. The fourth-order valence-corrected chi connectivity index (χ4v) is 6.55. The van der Waals surface area contributed by atoms with Crippen molar-refractivity contribution in [1.29, 1.82) is 0 Å². The second-order valence-corrected chi connectivity index (χ2v) is 11.8. The van der Waals surface area contributed by atoms with E-state index in [-0.39, 0.29) is 5.41 Å². The van der Waals surface area contributed by atoms with Crippen LogP contribution in [-0.4, -0.2) is 94.0 Å². The molecule has 36 heavy (non-hydrogen) atoms. The summed E-state index contributed by atoms with van der Waals surface area (Å²) in [5.74, 6) is 1.49. The zero-order chi connectivity index (χ0) is 24.7. The lowest BCUT2D eigenvalue weighted by Crippen LogP contribution is -2.44. The van der Waals surface area contributed by atoms with Crippen molar-refractivity contribution in [3.63, 3.8) is 0 Å². The highest BCUT2D eigenvalue weighted by Crippen LogP contribution is 2.42. The lowest BCUT2D eigenvalue weighted by molar-refractivity contribution is 0.313. The third-order valence-electron chi connectivity index (χ3n) is 7.98. The summed E-state index contributed by atoms with van der Waals surface area (Å²) in [6.45, 7) is 7.96. The normalized spacial score (nSPS) is 24.2. The minimum Gasteiger partial charge on any atom is -0.369 e. The molecule has 10 heteroatoms. The standard InChI is InChI=1S/C26H34N8OS/c1-31-13-15-32(16-14-31)22-5-3-21(4-6-22)29-25-28-17-20-7-10-27-24(23(20)30-25)33-11-8-26(18-33)9-12-34(19-26)36(2)35/h3-7,10,17H,8-9,11-16,18-19H2,1-2H3,(H,28,29,30). The SMILES string of the molecule is CN1CCN(c2ccc(Nc3ncc4ccnc(N5CCC6(CCN(S(C)=O)C6)C5)c4n3)cc2)CC1. The number of aromatic nitrogens is 3. The second kappa shape index (κ2) is 9.57. The van der Waals surface area contributed by atoms with Crippen molar-refractivity contribution in [3.05, 3.63) is 42.7 Å². The third-order valence-corrected chi connectivity index (χ3v) is 9.02. The quantitative estimate of drug-likeness (QED) is 0.566. The highest BCUT2D eigenvalue weighted by molar-refractivity contribution is 7.81. The summed E-state index contributed by atoms with van der Waals surface area (Å²) in [6.07, 6.45) is 7.67. The number of nitrogens with zero attached hydrogens (tertiary/aromatic N) is 7. The molecule has 2 atom stereocenters. The van der Waals surface area contributed by atoms with Crippen molar-refractivity contribution < 1.29 is 4.21 Å². The summed E-state index contributed by atoms with van der Waals surface area (Å²) >= 11 is 0. The van der Waals surface area contributed by atoms with Gasteiger partial charge in [0, 0.05) is 93.2 Å².